The van der Waals surface area contributed by atoms with Gasteiger partial charge in [-0.05, 0) is 60.9 Å². The number of rotatable bonds is 5. The van der Waals surface area contributed by atoms with Crippen molar-refractivity contribution in [3.63, 3.8) is 0 Å². The molecule has 0 N–H and O–H groups in total. The van der Waals surface area contributed by atoms with Crippen LogP contribution in [0.2, 0.25) is 5.02 Å². The van der Waals surface area contributed by atoms with Crippen LogP contribution in [0.1, 0.15) is 53.1 Å². The highest BCUT2D eigenvalue weighted by Crippen LogP contribution is 2.31. The number of hydrogen-bond acceptors (Lipinski definition) is 4. The van der Waals surface area contributed by atoms with E-state index in [0.717, 1.165) is 49.9 Å². The smallest absolute Gasteiger partial charge is 0.257 e. The van der Waals surface area contributed by atoms with Gasteiger partial charge in [0.2, 0.25) is 10.0 Å². The third kappa shape index (κ3) is 4.52. The van der Waals surface area contributed by atoms with Gasteiger partial charge in [-0.25, -0.2) is 17.2 Å². The highest BCUT2D eigenvalue weighted by Gasteiger charge is 2.30. The molecule has 5 rings (SSSR count). The molecule has 174 valence electrons. The molecule has 3 aromatic rings. The van der Waals surface area contributed by atoms with E-state index in [4.69, 9.17) is 11.6 Å². The summed E-state index contributed by atoms with van der Waals surface area (Å²) in [7, 11) is -3.43. The van der Waals surface area contributed by atoms with Crippen LogP contribution in [0.5, 0.6) is 0 Å². The molecular formula is C24H27ClN4O3S. The molecule has 0 saturated carbocycles. The molecule has 2 aliphatic rings. The first kappa shape index (κ1) is 22.4. The molecule has 1 amide bonds. The van der Waals surface area contributed by atoms with Crippen molar-refractivity contribution in [3.8, 4) is 0 Å². The normalized spacial score (nSPS) is 18.3. The fraction of sp³-hybridized carbons (Fsp3) is 0.417. The molecule has 4 heterocycles. The van der Waals surface area contributed by atoms with Crippen LogP contribution < -0.4 is 0 Å². The average molecular weight is 487 g/mol. The quantitative estimate of drug-likeness (QED) is 0.547. The Labute approximate surface area is 199 Å². The SMILES string of the molecule is O=C(c1cnn2ccc(C3CCN(S(=O)(=O)Cc4ccccc4Cl)CC3)cc12)N1CCCC1. The number of pyridine rings is 1. The Kier molecular flexibility index (Phi) is 6.16. The number of likely N-dealkylation sites (tertiary alicyclic amines) is 1. The lowest BCUT2D eigenvalue weighted by Crippen LogP contribution is -2.38. The zero-order chi connectivity index (χ0) is 23.0. The van der Waals surface area contributed by atoms with E-state index in [1.807, 2.05) is 17.2 Å². The number of piperidine rings is 1. The molecule has 7 nitrogen and oxygen atoms in total. The predicted molar refractivity (Wildman–Crippen MR) is 128 cm³/mol. The van der Waals surface area contributed by atoms with Gasteiger partial charge in [-0.15, -0.1) is 0 Å². The summed E-state index contributed by atoms with van der Waals surface area (Å²) in [4.78, 5) is 14.8. The van der Waals surface area contributed by atoms with Gasteiger partial charge in [-0.1, -0.05) is 29.8 Å². The summed E-state index contributed by atoms with van der Waals surface area (Å²) in [6, 6.07) is 11.2. The lowest BCUT2D eigenvalue weighted by Gasteiger charge is -2.31. The van der Waals surface area contributed by atoms with Crippen LogP contribution in [0.3, 0.4) is 0 Å². The Morgan fingerprint density at radius 1 is 1.06 bits per heavy atom. The number of fused-ring (bicyclic) bond motifs is 1. The summed E-state index contributed by atoms with van der Waals surface area (Å²) in [5.41, 5.74) is 3.21. The fourth-order valence-corrected chi connectivity index (χ4v) is 6.75. The minimum Gasteiger partial charge on any atom is -0.339 e. The molecule has 0 atom stereocenters. The Morgan fingerprint density at radius 3 is 2.52 bits per heavy atom. The van der Waals surface area contributed by atoms with Crippen molar-refractivity contribution in [2.45, 2.75) is 37.4 Å². The molecular weight excluding hydrogens is 460 g/mol. The van der Waals surface area contributed by atoms with E-state index >= 15 is 0 Å². The van der Waals surface area contributed by atoms with Crippen molar-refractivity contribution in [3.05, 3.63) is 70.5 Å². The summed E-state index contributed by atoms with van der Waals surface area (Å²) in [5, 5.41) is 4.84. The topological polar surface area (TPSA) is 75.0 Å². The first-order valence-corrected chi connectivity index (χ1v) is 13.4. The highest BCUT2D eigenvalue weighted by atomic mass is 35.5. The standard InChI is InChI=1S/C24H27ClN4O3S/c25-22-6-2-1-5-20(22)17-33(31,32)28-12-7-18(8-13-28)19-9-14-29-23(15-19)21(16-26-29)24(30)27-10-3-4-11-27/h1-2,5-6,9,14-16,18H,3-4,7-8,10-13,17H2. The van der Waals surface area contributed by atoms with Crippen LogP contribution in [0.4, 0.5) is 0 Å². The molecule has 0 spiro atoms. The molecule has 2 aromatic heterocycles. The van der Waals surface area contributed by atoms with Crippen molar-refractivity contribution in [2.75, 3.05) is 26.2 Å². The molecule has 9 heteroatoms. The van der Waals surface area contributed by atoms with Crippen molar-refractivity contribution in [1.29, 1.82) is 0 Å². The monoisotopic (exact) mass is 486 g/mol. The van der Waals surface area contributed by atoms with Gasteiger partial charge in [-0.2, -0.15) is 5.10 Å². The maximum absolute atomic E-state index is 12.9. The van der Waals surface area contributed by atoms with E-state index in [2.05, 4.69) is 11.2 Å². The Morgan fingerprint density at radius 2 is 1.79 bits per heavy atom. The number of carbonyl (C=O) groups is 1. The third-order valence-electron chi connectivity index (χ3n) is 6.78. The lowest BCUT2D eigenvalue weighted by atomic mass is 9.90. The molecule has 0 aliphatic carbocycles. The van der Waals surface area contributed by atoms with Gasteiger partial charge in [0.1, 0.15) is 0 Å². The van der Waals surface area contributed by atoms with Gasteiger partial charge in [0.25, 0.3) is 5.91 Å². The second-order valence-electron chi connectivity index (χ2n) is 8.87. The van der Waals surface area contributed by atoms with Crippen LogP contribution >= 0.6 is 11.6 Å². The predicted octanol–water partition coefficient (Wildman–Crippen LogP) is 3.93. The number of aromatic nitrogens is 2. The number of amides is 1. The number of benzene rings is 1. The van der Waals surface area contributed by atoms with Crippen LogP contribution in [0, 0.1) is 0 Å². The zero-order valence-electron chi connectivity index (χ0n) is 18.4. The molecule has 33 heavy (non-hydrogen) atoms. The van der Waals surface area contributed by atoms with E-state index < -0.39 is 10.0 Å². The van der Waals surface area contributed by atoms with Crippen molar-refractivity contribution in [2.24, 2.45) is 0 Å². The summed E-state index contributed by atoms with van der Waals surface area (Å²) >= 11 is 6.17. The summed E-state index contributed by atoms with van der Waals surface area (Å²) in [6.07, 6.45) is 7.13. The minimum atomic E-state index is -3.43. The van der Waals surface area contributed by atoms with E-state index in [0.29, 0.717) is 29.2 Å². The maximum Gasteiger partial charge on any atom is 0.257 e. The Bertz CT molecular complexity index is 1280. The van der Waals surface area contributed by atoms with Gasteiger partial charge in [-0.3, -0.25) is 4.79 Å². The van der Waals surface area contributed by atoms with Gasteiger partial charge in [0, 0.05) is 37.4 Å². The molecule has 0 radical (unpaired) electrons. The second kappa shape index (κ2) is 9.08. The lowest BCUT2D eigenvalue weighted by molar-refractivity contribution is 0.0794. The summed E-state index contributed by atoms with van der Waals surface area (Å²) in [5.74, 6) is 0.202. The maximum atomic E-state index is 12.9. The first-order chi connectivity index (χ1) is 15.9. The van der Waals surface area contributed by atoms with Gasteiger partial charge >= 0.3 is 0 Å². The van der Waals surface area contributed by atoms with Crippen LogP contribution in [-0.4, -0.2) is 59.3 Å². The van der Waals surface area contributed by atoms with Crippen molar-refractivity contribution >= 4 is 33.0 Å². The fourth-order valence-electron chi connectivity index (χ4n) is 4.88. The number of nitrogens with zero attached hydrogens (tertiary/aromatic N) is 4. The Balaban J connectivity index is 1.29. The van der Waals surface area contributed by atoms with Crippen LogP contribution in [0.15, 0.2) is 48.8 Å². The van der Waals surface area contributed by atoms with E-state index in [1.165, 1.54) is 0 Å². The molecule has 1 aromatic carbocycles. The van der Waals surface area contributed by atoms with Crippen LogP contribution in [-0.2, 0) is 15.8 Å². The largest absolute Gasteiger partial charge is 0.339 e. The highest BCUT2D eigenvalue weighted by molar-refractivity contribution is 7.88. The molecule has 2 aliphatic heterocycles. The summed E-state index contributed by atoms with van der Waals surface area (Å²) < 4.78 is 29.2. The number of halogens is 1. The third-order valence-corrected chi connectivity index (χ3v) is 8.98. The Hall–Kier alpha value is -2.42. The van der Waals surface area contributed by atoms with Crippen LogP contribution in [0.25, 0.3) is 5.52 Å². The van der Waals surface area contributed by atoms with E-state index in [1.54, 1.807) is 39.3 Å². The number of sulfonamides is 1. The molecule has 0 unspecified atom stereocenters. The van der Waals surface area contributed by atoms with Crippen molar-refractivity contribution in [1.82, 2.24) is 18.8 Å². The number of hydrogen-bond donors (Lipinski definition) is 0. The zero-order valence-corrected chi connectivity index (χ0v) is 19.9. The molecule has 2 fully saturated rings. The van der Waals surface area contributed by atoms with E-state index in [9.17, 15) is 13.2 Å². The molecule has 2 saturated heterocycles. The second-order valence-corrected chi connectivity index (χ2v) is 11.2. The average Bonchev–Trinajstić information content (AvgIpc) is 3.50. The van der Waals surface area contributed by atoms with Crippen molar-refractivity contribution < 1.29 is 13.2 Å². The summed E-state index contributed by atoms with van der Waals surface area (Å²) in [6.45, 7) is 2.55. The number of carbonyl (C=O) groups excluding carboxylic acids is 1. The van der Waals surface area contributed by atoms with Gasteiger partial charge in [0.15, 0.2) is 0 Å². The van der Waals surface area contributed by atoms with Gasteiger partial charge < -0.3 is 4.90 Å². The van der Waals surface area contributed by atoms with Gasteiger partial charge in [0.05, 0.1) is 23.0 Å². The molecule has 0 bridgehead atoms. The first-order valence-electron chi connectivity index (χ1n) is 11.4. The minimum absolute atomic E-state index is 0.0418. The van der Waals surface area contributed by atoms with E-state index in [-0.39, 0.29) is 17.6 Å².